The van der Waals surface area contributed by atoms with Gasteiger partial charge in [0.05, 0.1) is 18.6 Å². The number of nitrogens with one attached hydrogen (secondary N) is 3. The highest BCUT2D eigenvalue weighted by Crippen LogP contribution is 2.25. The molecule has 10 nitrogen and oxygen atoms in total. The fourth-order valence-electron chi connectivity index (χ4n) is 4.87. The summed E-state index contributed by atoms with van der Waals surface area (Å²) in [6.45, 7) is 5.93. The second-order valence-electron chi connectivity index (χ2n) is 11.3. The first-order chi connectivity index (χ1) is 21.1. The first-order valence-corrected chi connectivity index (χ1v) is 15.0. The molecule has 0 fully saturated rings. The van der Waals surface area contributed by atoms with Gasteiger partial charge in [0.2, 0.25) is 11.8 Å². The Labute approximate surface area is 258 Å². The Hall–Kier alpha value is -4.44. The molecule has 0 aromatic heterocycles. The number of carboxylic acids is 1. The molecule has 3 amide bonds. The summed E-state index contributed by atoms with van der Waals surface area (Å²) in [6.07, 6.45) is -0.759. The van der Waals surface area contributed by atoms with E-state index in [1.54, 1.807) is 12.1 Å². The molecule has 3 rings (SSSR count). The number of aliphatic carboxylic acids is 1. The molecule has 0 aliphatic heterocycles. The zero-order valence-electron chi connectivity index (χ0n) is 25.5. The second kappa shape index (κ2) is 17.0. The molecule has 236 valence electrons. The fourth-order valence-corrected chi connectivity index (χ4v) is 4.87. The van der Waals surface area contributed by atoms with Crippen LogP contribution in [0.5, 0.6) is 5.75 Å². The number of carbonyl (C=O) groups excluding carboxylic acids is 3. The number of ether oxygens (including phenoxy) is 1. The summed E-state index contributed by atoms with van der Waals surface area (Å²) in [7, 11) is 0. The van der Waals surface area contributed by atoms with E-state index >= 15 is 0 Å². The molecule has 0 aliphatic carbocycles. The van der Waals surface area contributed by atoms with E-state index in [-0.39, 0.29) is 24.7 Å². The van der Waals surface area contributed by atoms with Gasteiger partial charge >= 0.3 is 5.97 Å². The van der Waals surface area contributed by atoms with Gasteiger partial charge in [-0.2, -0.15) is 0 Å². The van der Waals surface area contributed by atoms with E-state index in [4.69, 9.17) is 4.74 Å². The Kier molecular flexibility index (Phi) is 13.2. The quantitative estimate of drug-likeness (QED) is 0.158. The Bertz CT molecular complexity index is 1390. The van der Waals surface area contributed by atoms with Crippen molar-refractivity contribution in [3.05, 3.63) is 78.4 Å². The monoisotopic (exact) mass is 605 g/mol. The topological polar surface area (TPSA) is 154 Å². The molecule has 0 aliphatic rings. The van der Waals surface area contributed by atoms with Crippen LogP contribution in [-0.2, 0) is 25.6 Å². The van der Waals surface area contributed by atoms with Crippen molar-refractivity contribution in [2.45, 2.75) is 64.6 Å². The van der Waals surface area contributed by atoms with Gasteiger partial charge in [0.1, 0.15) is 11.8 Å². The molecule has 5 N–H and O–H groups in total. The van der Waals surface area contributed by atoms with Crippen molar-refractivity contribution >= 4 is 34.5 Å². The van der Waals surface area contributed by atoms with Crippen LogP contribution in [0.15, 0.2) is 72.8 Å². The number of benzene rings is 3. The van der Waals surface area contributed by atoms with Gasteiger partial charge in [-0.05, 0) is 42.2 Å². The van der Waals surface area contributed by atoms with Gasteiger partial charge in [0, 0.05) is 17.8 Å². The third-order valence-electron chi connectivity index (χ3n) is 7.31. The average molecular weight is 606 g/mol. The Morgan fingerprint density at radius 3 is 2.23 bits per heavy atom. The first kappa shape index (κ1) is 34.1. The number of aliphatic hydroxyl groups is 1. The summed E-state index contributed by atoms with van der Waals surface area (Å²) < 4.78 is 5.65. The van der Waals surface area contributed by atoms with Crippen LogP contribution in [-0.4, -0.2) is 65.2 Å². The van der Waals surface area contributed by atoms with Crippen molar-refractivity contribution < 1.29 is 34.1 Å². The predicted molar refractivity (Wildman–Crippen MR) is 168 cm³/mol. The van der Waals surface area contributed by atoms with Crippen LogP contribution in [0.25, 0.3) is 10.8 Å². The van der Waals surface area contributed by atoms with Gasteiger partial charge in [-0.15, -0.1) is 0 Å². The lowest BCUT2D eigenvalue weighted by molar-refractivity contribution is -0.144. The molecular weight excluding hydrogens is 562 g/mol. The Balaban J connectivity index is 1.64. The number of amides is 3. The van der Waals surface area contributed by atoms with E-state index in [0.29, 0.717) is 18.7 Å². The molecule has 10 heteroatoms. The average Bonchev–Trinajstić information content (AvgIpc) is 3.01. The van der Waals surface area contributed by atoms with Crippen molar-refractivity contribution in [3.8, 4) is 5.75 Å². The van der Waals surface area contributed by atoms with E-state index in [1.165, 1.54) is 0 Å². The number of rotatable bonds is 17. The highest BCUT2D eigenvalue weighted by molar-refractivity contribution is 5.90. The third kappa shape index (κ3) is 10.7. The van der Waals surface area contributed by atoms with E-state index in [9.17, 15) is 29.4 Å². The molecule has 44 heavy (non-hydrogen) atoms. The molecule has 0 heterocycles. The maximum Gasteiger partial charge on any atom is 0.326 e. The van der Waals surface area contributed by atoms with E-state index in [1.807, 2.05) is 81.4 Å². The maximum absolute atomic E-state index is 13.1. The van der Waals surface area contributed by atoms with Gasteiger partial charge in [0.15, 0.2) is 6.61 Å². The number of hydrogen-bond acceptors (Lipinski definition) is 6. The smallest absolute Gasteiger partial charge is 0.326 e. The summed E-state index contributed by atoms with van der Waals surface area (Å²) in [5.74, 6) is -2.62. The summed E-state index contributed by atoms with van der Waals surface area (Å²) in [5.41, 5.74) is 0.850. The van der Waals surface area contributed by atoms with Gasteiger partial charge in [-0.3, -0.25) is 14.4 Å². The lowest BCUT2D eigenvalue weighted by Gasteiger charge is -2.28. The van der Waals surface area contributed by atoms with Gasteiger partial charge in [-0.1, -0.05) is 87.5 Å². The molecule has 0 bridgehead atoms. The number of carbonyl (C=O) groups is 4. The van der Waals surface area contributed by atoms with Crippen molar-refractivity contribution in [3.63, 3.8) is 0 Å². The maximum atomic E-state index is 13.1. The Morgan fingerprint density at radius 2 is 1.55 bits per heavy atom. The van der Waals surface area contributed by atoms with Gasteiger partial charge in [-0.25, -0.2) is 4.79 Å². The minimum absolute atomic E-state index is 0.114. The Morgan fingerprint density at radius 1 is 0.864 bits per heavy atom. The summed E-state index contributed by atoms with van der Waals surface area (Å²) >= 11 is 0. The normalized spacial score (nSPS) is 13.8. The second-order valence-corrected chi connectivity index (χ2v) is 11.3. The van der Waals surface area contributed by atoms with E-state index in [0.717, 1.165) is 16.3 Å². The van der Waals surface area contributed by atoms with Crippen LogP contribution in [0.2, 0.25) is 0 Å². The number of hydrogen-bond donors (Lipinski definition) is 5. The number of carboxylic acid groups (broad SMARTS) is 1. The van der Waals surface area contributed by atoms with Crippen LogP contribution < -0.4 is 20.7 Å². The molecule has 3 aromatic carbocycles. The summed E-state index contributed by atoms with van der Waals surface area (Å²) in [4.78, 5) is 50.4. The van der Waals surface area contributed by atoms with Crippen molar-refractivity contribution in [2.24, 2.45) is 11.8 Å². The highest BCUT2D eigenvalue weighted by atomic mass is 16.5. The van der Waals surface area contributed by atoms with E-state index < -0.39 is 54.9 Å². The van der Waals surface area contributed by atoms with Gasteiger partial charge in [0.25, 0.3) is 5.91 Å². The largest absolute Gasteiger partial charge is 0.483 e. The molecule has 0 saturated carbocycles. The van der Waals surface area contributed by atoms with E-state index in [2.05, 4.69) is 16.0 Å². The van der Waals surface area contributed by atoms with Crippen LogP contribution in [0.3, 0.4) is 0 Å². The summed E-state index contributed by atoms with van der Waals surface area (Å²) in [6, 6.07) is 19.8. The fraction of sp³-hybridized carbons (Fsp3) is 0.412. The molecule has 3 aromatic rings. The highest BCUT2D eigenvalue weighted by Gasteiger charge is 2.30. The van der Waals surface area contributed by atoms with Crippen molar-refractivity contribution in [2.75, 3.05) is 13.2 Å². The third-order valence-corrected chi connectivity index (χ3v) is 7.31. The first-order valence-electron chi connectivity index (χ1n) is 15.0. The molecule has 1 unspecified atom stereocenters. The number of aliphatic hydroxyl groups excluding tert-OH is 1. The van der Waals surface area contributed by atoms with Crippen LogP contribution >= 0.6 is 0 Å². The zero-order valence-corrected chi connectivity index (χ0v) is 25.5. The molecule has 0 saturated heterocycles. The summed E-state index contributed by atoms with van der Waals surface area (Å²) in [5, 5.41) is 30.7. The predicted octanol–water partition coefficient (Wildman–Crippen LogP) is 3.46. The van der Waals surface area contributed by atoms with Crippen LogP contribution in [0.4, 0.5) is 0 Å². The van der Waals surface area contributed by atoms with Crippen molar-refractivity contribution in [1.29, 1.82) is 0 Å². The molecule has 0 spiro atoms. The molecular formula is C34H43N3O7. The zero-order chi connectivity index (χ0) is 32.1. The SMILES string of the molecule is CC[C@H](C[C@H](O)[C@H](Cc1ccccc1)NC(=O)CC(NC(=O)COc1cccc2ccccc12)C(=O)O)C(=O)NCC(C)C. The molecule has 4 atom stereocenters. The van der Waals surface area contributed by atoms with Crippen molar-refractivity contribution in [1.82, 2.24) is 16.0 Å². The van der Waals surface area contributed by atoms with Gasteiger partial charge < -0.3 is 30.9 Å². The standard InChI is InChI=1S/C34H43N3O7/c1-4-24(33(41)35-20-22(2)3)18-29(38)27(17-23-11-6-5-7-12-23)36-31(39)19-28(34(42)43)37-32(40)21-44-30-16-10-14-25-13-8-9-15-26(25)30/h5-16,22,24,27-29,38H,4,17-21H2,1-3H3,(H,35,41)(H,36,39)(H,37,40)(H,42,43)/t24-,27+,28?,29+/m1/s1. The molecule has 0 radical (unpaired) electrons. The minimum Gasteiger partial charge on any atom is -0.483 e. The van der Waals surface area contributed by atoms with Crippen LogP contribution in [0, 0.1) is 11.8 Å². The van der Waals surface area contributed by atoms with Crippen LogP contribution in [0.1, 0.15) is 45.6 Å². The lowest BCUT2D eigenvalue weighted by atomic mass is 9.91. The lowest BCUT2D eigenvalue weighted by Crippen LogP contribution is -2.50. The number of fused-ring (bicyclic) bond motifs is 1. The minimum atomic E-state index is -1.52.